The molecule has 0 bridgehead atoms. The van der Waals surface area contributed by atoms with Crippen molar-refractivity contribution in [2.24, 2.45) is 0 Å². The molecule has 2 nitrogen and oxygen atoms in total. The molecule has 0 amide bonds. The van der Waals surface area contributed by atoms with Crippen LogP contribution in [-0.2, 0) is 11.9 Å². The van der Waals surface area contributed by atoms with E-state index < -0.39 is 0 Å². The molecule has 1 aromatic heterocycles. The SMILES string of the molecule is BrCc1cnccc1OCc1ccccc1. The third-order valence-electron chi connectivity index (χ3n) is 2.24. The number of alkyl halides is 1. The number of halogens is 1. The summed E-state index contributed by atoms with van der Waals surface area (Å²) in [7, 11) is 0. The van der Waals surface area contributed by atoms with Gasteiger partial charge in [0, 0.05) is 23.3 Å². The fraction of sp³-hybridized carbons (Fsp3) is 0.154. The minimum atomic E-state index is 0.588. The average molecular weight is 278 g/mol. The van der Waals surface area contributed by atoms with Crippen molar-refractivity contribution in [2.45, 2.75) is 11.9 Å². The molecule has 0 atom stereocenters. The summed E-state index contributed by atoms with van der Waals surface area (Å²) < 4.78 is 5.74. The Hall–Kier alpha value is -1.35. The van der Waals surface area contributed by atoms with E-state index in [-0.39, 0.29) is 0 Å². The lowest BCUT2D eigenvalue weighted by molar-refractivity contribution is 0.303. The van der Waals surface area contributed by atoms with Gasteiger partial charge in [-0.05, 0) is 11.6 Å². The lowest BCUT2D eigenvalue weighted by Gasteiger charge is -2.09. The van der Waals surface area contributed by atoms with Crippen LogP contribution < -0.4 is 4.74 Å². The number of hydrogen-bond acceptors (Lipinski definition) is 2. The van der Waals surface area contributed by atoms with E-state index in [4.69, 9.17) is 4.74 Å². The van der Waals surface area contributed by atoms with E-state index in [2.05, 4.69) is 33.0 Å². The number of nitrogens with zero attached hydrogens (tertiary/aromatic N) is 1. The minimum absolute atomic E-state index is 0.588. The molecule has 0 aliphatic rings. The molecule has 0 N–H and O–H groups in total. The lowest BCUT2D eigenvalue weighted by Crippen LogP contribution is -1.97. The second kappa shape index (κ2) is 5.66. The highest BCUT2D eigenvalue weighted by Crippen LogP contribution is 2.20. The van der Waals surface area contributed by atoms with E-state index in [1.165, 1.54) is 5.56 Å². The zero-order chi connectivity index (χ0) is 11.2. The number of benzene rings is 1. The van der Waals surface area contributed by atoms with Crippen LogP contribution in [0.2, 0.25) is 0 Å². The topological polar surface area (TPSA) is 22.1 Å². The second-order valence-corrected chi connectivity index (χ2v) is 3.95. The first-order valence-electron chi connectivity index (χ1n) is 5.05. The summed E-state index contributed by atoms with van der Waals surface area (Å²) in [5, 5.41) is 0.755. The van der Waals surface area contributed by atoms with Crippen LogP contribution in [0.15, 0.2) is 48.8 Å². The summed E-state index contributed by atoms with van der Waals surface area (Å²) in [5.74, 6) is 0.885. The molecule has 16 heavy (non-hydrogen) atoms. The summed E-state index contributed by atoms with van der Waals surface area (Å²) in [6.07, 6.45) is 3.56. The van der Waals surface area contributed by atoms with Crippen LogP contribution in [0, 0.1) is 0 Å². The van der Waals surface area contributed by atoms with E-state index in [1.807, 2.05) is 30.5 Å². The van der Waals surface area contributed by atoms with Crippen molar-refractivity contribution in [2.75, 3.05) is 0 Å². The Morgan fingerprint density at radius 2 is 1.94 bits per heavy atom. The van der Waals surface area contributed by atoms with Crippen LogP contribution in [0.5, 0.6) is 5.75 Å². The third kappa shape index (κ3) is 2.83. The third-order valence-corrected chi connectivity index (χ3v) is 2.84. The van der Waals surface area contributed by atoms with Gasteiger partial charge in [-0.1, -0.05) is 46.3 Å². The van der Waals surface area contributed by atoms with Crippen molar-refractivity contribution in [3.8, 4) is 5.75 Å². The quantitative estimate of drug-likeness (QED) is 0.798. The van der Waals surface area contributed by atoms with Crippen molar-refractivity contribution in [1.29, 1.82) is 0 Å². The predicted molar refractivity (Wildman–Crippen MR) is 67.6 cm³/mol. The van der Waals surface area contributed by atoms with E-state index >= 15 is 0 Å². The van der Waals surface area contributed by atoms with Crippen LogP contribution in [0.1, 0.15) is 11.1 Å². The van der Waals surface area contributed by atoms with Gasteiger partial charge in [0.1, 0.15) is 12.4 Å². The fourth-order valence-electron chi connectivity index (χ4n) is 1.39. The van der Waals surface area contributed by atoms with Crippen LogP contribution >= 0.6 is 15.9 Å². The highest BCUT2D eigenvalue weighted by molar-refractivity contribution is 9.08. The van der Waals surface area contributed by atoms with Crippen molar-refractivity contribution >= 4 is 15.9 Å². The summed E-state index contributed by atoms with van der Waals surface area (Å²) in [5.41, 5.74) is 2.23. The Kier molecular flexibility index (Phi) is 3.94. The van der Waals surface area contributed by atoms with Gasteiger partial charge in [0.05, 0.1) is 0 Å². The number of aromatic nitrogens is 1. The Morgan fingerprint density at radius 1 is 1.12 bits per heavy atom. The molecule has 1 heterocycles. The van der Waals surface area contributed by atoms with Gasteiger partial charge < -0.3 is 4.74 Å². The van der Waals surface area contributed by atoms with E-state index in [1.54, 1.807) is 6.20 Å². The van der Waals surface area contributed by atoms with Crippen molar-refractivity contribution in [3.05, 3.63) is 59.9 Å². The molecular formula is C13H12BrNO. The molecule has 2 aromatic rings. The highest BCUT2D eigenvalue weighted by atomic mass is 79.9. The lowest BCUT2D eigenvalue weighted by atomic mass is 10.2. The first-order chi connectivity index (χ1) is 7.90. The van der Waals surface area contributed by atoms with Gasteiger partial charge in [0.2, 0.25) is 0 Å². The van der Waals surface area contributed by atoms with Gasteiger partial charge in [-0.2, -0.15) is 0 Å². The summed E-state index contributed by atoms with van der Waals surface area (Å²) in [6.45, 7) is 0.588. The maximum atomic E-state index is 5.74. The monoisotopic (exact) mass is 277 g/mol. The van der Waals surface area contributed by atoms with Gasteiger partial charge in [-0.25, -0.2) is 0 Å². The van der Waals surface area contributed by atoms with Gasteiger partial charge in [-0.15, -0.1) is 0 Å². The molecule has 2 rings (SSSR count). The van der Waals surface area contributed by atoms with Crippen LogP contribution in [-0.4, -0.2) is 4.98 Å². The molecule has 82 valence electrons. The Labute approximate surface area is 103 Å². The molecule has 0 saturated carbocycles. The number of ether oxygens (including phenoxy) is 1. The summed E-state index contributed by atoms with van der Waals surface area (Å²) >= 11 is 3.41. The smallest absolute Gasteiger partial charge is 0.126 e. The second-order valence-electron chi connectivity index (χ2n) is 3.39. The molecule has 0 fully saturated rings. The van der Waals surface area contributed by atoms with Gasteiger partial charge in [0.25, 0.3) is 0 Å². The van der Waals surface area contributed by atoms with Crippen LogP contribution in [0.3, 0.4) is 0 Å². The van der Waals surface area contributed by atoms with Crippen LogP contribution in [0.25, 0.3) is 0 Å². The maximum Gasteiger partial charge on any atom is 0.126 e. The Morgan fingerprint density at radius 3 is 2.69 bits per heavy atom. The molecule has 0 aliphatic heterocycles. The number of pyridine rings is 1. The van der Waals surface area contributed by atoms with Crippen molar-refractivity contribution in [3.63, 3.8) is 0 Å². The molecule has 1 aromatic carbocycles. The molecule has 0 unspecified atom stereocenters. The fourth-order valence-corrected chi connectivity index (χ4v) is 1.81. The molecule has 0 aliphatic carbocycles. The first-order valence-corrected chi connectivity index (χ1v) is 6.18. The highest BCUT2D eigenvalue weighted by Gasteiger charge is 2.01. The molecule has 0 spiro atoms. The normalized spacial score (nSPS) is 10.1. The van der Waals surface area contributed by atoms with Crippen LogP contribution in [0.4, 0.5) is 0 Å². The molecule has 0 radical (unpaired) electrons. The number of rotatable bonds is 4. The van der Waals surface area contributed by atoms with E-state index in [9.17, 15) is 0 Å². The number of hydrogen-bond donors (Lipinski definition) is 0. The average Bonchev–Trinajstić information content (AvgIpc) is 2.38. The molecule has 3 heteroatoms. The van der Waals surface area contributed by atoms with E-state index in [0.717, 1.165) is 16.6 Å². The van der Waals surface area contributed by atoms with Gasteiger partial charge >= 0.3 is 0 Å². The van der Waals surface area contributed by atoms with Gasteiger partial charge in [0.15, 0.2) is 0 Å². The summed E-state index contributed by atoms with van der Waals surface area (Å²) in [6, 6.07) is 12.0. The maximum absolute atomic E-state index is 5.74. The van der Waals surface area contributed by atoms with Crippen molar-refractivity contribution < 1.29 is 4.74 Å². The molecular weight excluding hydrogens is 266 g/mol. The standard InChI is InChI=1S/C13H12BrNO/c14-8-12-9-15-7-6-13(12)16-10-11-4-2-1-3-5-11/h1-7,9H,8,10H2. The van der Waals surface area contributed by atoms with Gasteiger partial charge in [-0.3, -0.25) is 4.98 Å². The first kappa shape index (κ1) is 11.1. The Bertz CT molecular complexity index is 445. The zero-order valence-corrected chi connectivity index (χ0v) is 10.4. The van der Waals surface area contributed by atoms with Crippen molar-refractivity contribution in [1.82, 2.24) is 4.98 Å². The predicted octanol–water partition coefficient (Wildman–Crippen LogP) is 3.56. The van der Waals surface area contributed by atoms with E-state index in [0.29, 0.717) is 6.61 Å². The Balaban J connectivity index is 2.05. The largest absolute Gasteiger partial charge is 0.488 e. The minimum Gasteiger partial charge on any atom is -0.488 e. The molecule has 0 saturated heterocycles. The zero-order valence-electron chi connectivity index (χ0n) is 8.77. The summed E-state index contributed by atoms with van der Waals surface area (Å²) in [4.78, 5) is 4.06.